The van der Waals surface area contributed by atoms with Gasteiger partial charge in [-0.3, -0.25) is 4.79 Å². The Kier molecular flexibility index (Phi) is 3.71. The molecule has 0 aliphatic heterocycles. The van der Waals surface area contributed by atoms with E-state index in [1.807, 2.05) is 54.6 Å². The van der Waals surface area contributed by atoms with Crippen molar-refractivity contribution in [1.82, 2.24) is 14.8 Å². The highest BCUT2D eigenvalue weighted by molar-refractivity contribution is 6.63. The summed E-state index contributed by atoms with van der Waals surface area (Å²) in [7, 11) is 0. The Labute approximate surface area is 147 Å². The van der Waals surface area contributed by atoms with Gasteiger partial charge in [-0.25, -0.2) is 9.67 Å². The number of rotatable bonds is 3. The summed E-state index contributed by atoms with van der Waals surface area (Å²) in [6, 6.07) is 17.2. The molecule has 6 heteroatoms. The minimum atomic E-state index is -0.453. The molecule has 2 aromatic heterocycles. The third kappa shape index (κ3) is 2.44. The molecule has 0 unspecified atom stereocenters. The summed E-state index contributed by atoms with van der Waals surface area (Å²) in [6.07, 6.45) is 0.0529. The van der Waals surface area contributed by atoms with E-state index in [4.69, 9.17) is 23.2 Å². The van der Waals surface area contributed by atoms with Crippen molar-refractivity contribution in [2.45, 2.75) is 6.42 Å². The first-order valence-electron chi connectivity index (χ1n) is 7.35. The summed E-state index contributed by atoms with van der Waals surface area (Å²) < 4.78 is 1.71. The van der Waals surface area contributed by atoms with E-state index in [-0.39, 0.29) is 6.42 Å². The van der Waals surface area contributed by atoms with Crippen LogP contribution in [-0.2, 0) is 11.2 Å². The summed E-state index contributed by atoms with van der Waals surface area (Å²) in [5, 5.41) is 6.16. The van der Waals surface area contributed by atoms with E-state index < -0.39 is 5.24 Å². The third-order valence-corrected chi connectivity index (χ3v) is 4.27. The lowest BCUT2D eigenvalue weighted by Gasteiger charge is -2.06. The number of benzene rings is 2. The first-order valence-corrected chi connectivity index (χ1v) is 8.10. The predicted octanol–water partition coefficient (Wildman–Crippen LogP) is 4.54. The van der Waals surface area contributed by atoms with Crippen molar-refractivity contribution in [2.24, 2.45) is 0 Å². The number of carbonyl (C=O) groups excluding carboxylic acids is 1. The molecule has 0 bridgehead atoms. The minimum Gasteiger partial charge on any atom is -0.281 e. The fraction of sp³-hybridized carbons (Fsp3) is 0.0556. The number of para-hydroxylation sites is 2. The van der Waals surface area contributed by atoms with Crippen molar-refractivity contribution in [3.05, 3.63) is 65.4 Å². The molecule has 0 saturated heterocycles. The zero-order chi connectivity index (χ0) is 16.7. The average molecular weight is 356 g/mol. The molecule has 0 fully saturated rings. The molecule has 2 aromatic carbocycles. The first kappa shape index (κ1) is 15.1. The van der Waals surface area contributed by atoms with Gasteiger partial charge in [-0.05, 0) is 29.8 Å². The standard InChI is InChI=1S/C18H11Cl2N3O/c19-15(24)10-14-16-12-8-4-5-9-13(12)21-18(20)17(16)22-23(14)11-6-2-1-3-7-11/h1-9H,10H2. The summed E-state index contributed by atoms with van der Waals surface area (Å²) in [5.41, 5.74) is 2.86. The number of aromatic nitrogens is 3. The van der Waals surface area contributed by atoms with Gasteiger partial charge in [0.1, 0.15) is 5.52 Å². The van der Waals surface area contributed by atoms with Crippen molar-refractivity contribution < 1.29 is 4.79 Å². The maximum absolute atomic E-state index is 11.6. The number of halogens is 2. The molecule has 24 heavy (non-hydrogen) atoms. The molecular weight excluding hydrogens is 345 g/mol. The average Bonchev–Trinajstić information content (AvgIpc) is 2.95. The van der Waals surface area contributed by atoms with E-state index in [9.17, 15) is 4.79 Å². The van der Waals surface area contributed by atoms with E-state index in [1.54, 1.807) is 4.68 Å². The summed E-state index contributed by atoms with van der Waals surface area (Å²) >= 11 is 12.0. The minimum absolute atomic E-state index is 0.0529. The van der Waals surface area contributed by atoms with E-state index in [2.05, 4.69) is 10.1 Å². The molecular formula is C18H11Cl2N3O. The molecule has 0 aliphatic rings. The van der Waals surface area contributed by atoms with Gasteiger partial charge in [-0.15, -0.1) is 0 Å². The number of hydrogen-bond acceptors (Lipinski definition) is 3. The maximum atomic E-state index is 11.6. The van der Waals surface area contributed by atoms with Gasteiger partial charge in [0.05, 0.1) is 23.3 Å². The Morgan fingerprint density at radius 3 is 2.50 bits per heavy atom. The van der Waals surface area contributed by atoms with Crippen LogP contribution in [0.3, 0.4) is 0 Å². The van der Waals surface area contributed by atoms with Crippen LogP contribution < -0.4 is 0 Å². The molecule has 4 nitrogen and oxygen atoms in total. The highest BCUT2D eigenvalue weighted by atomic mass is 35.5. The summed E-state index contributed by atoms with van der Waals surface area (Å²) in [5.74, 6) is 0. The fourth-order valence-corrected chi connectivity index (χ4v) is 3.25. The number of hydrogen-bond donors (Lipinski definition) is 0. The fourth-order valence-electron chi connectivity index (χ4n) is 2.90. The lowest BCUT2D eigenvalue weighted by molar-refractivity contribution is -0.111. The van der Waals surface area contributed by atoms with Crippen LogP contribution in [0.2, 0.25) is 5.15 Å². The Morgan fingerprint density at radius 2 is 1.75 bits per heavy atom. The lowest BCUT2D eigenvalue weighted by Crippen LogP contribution is -2.05. The highest BCUT2D eigenvalue weighted by Gasteiger charge is 2.20. The second-order valence-corrected chi connectivity index (χ2v) is 6.15. The van der Waals surface area contributed by atoms with E-state index in [0.717, 1.165) is 22.0 Å². The van der Waals surface area contributed by atoms with Crippen molar-refractivity contribution in [3.8, 4) is 5.69 Å². The van der Waals surface area contributed by atoms with Gasteiger partial charge in [0.15, 0.2) is 5.15 Å². The van der Waals surface area contributed by atoms with E-state index >= 15 is 0 Å². The molecule has 0 spiro atoms. The second-order valence-electron chi connectivity index (χ2n) is 5.37. The van der Waals surface area contributed by atoms with Crippen molar-refractivity contribution in [2.75, 3.05) is 0 Å². The smallest absolute Gasteiger partial charge is 0.227 e. The topological polar surface area (TPSA) is 47.8 Å². The lowest BCUT2D eigenvalue weighted by atomic mass is 10.1. The zero-order valence-electron chi connectivity index (χ0n) is 12.4. The van der Waals surface area contributed by atoms with Crippen molar-refractivity contribution in [1.29, 1.82) is 0 Å². The highest BCUT2D eigenvalue weighted by Crippen LogP contribution is 2.33. The molecule has 0 aliphatic carbocycles. The van der Waals surface area contributed by atoms with Crippen molar-refractivity contribution >= 4 is 50.3 Å². The first-order chi connectivity index (χ1) is 11.6. The van der Waals surface area contributed by atoms with Crippen LogP contribution in [0.15, 0.2) is 54.6 Å². The van der Waals surface area contributed by atoms with Crippen LogP contribution in [0.5, 0.6) is 0 Å². The SMILES string of the molecule is O=C(Cl)Cc1c2c(nn1-c1ccccc1)c(Cl)nc1ccccc12. The van der Waals surface area contributed by atoms with Gasteiger partial charge >= 0.3 is 0 Å². The number of pyridine rings is 1. The molecule has 0 saturated carbocycles. The third-order valence-electron chi connectivity index (χ3n) is 3.88. The Balaban J connectivity index is 2.15. The zero-order valence-corrected chi connectivity index (χ0v) is 13.9. The molecule has 0 N–H and O–H groups in total. The van der Waals surface area contributed by atoms with Gasteiger partial charge in [0, 0.05) is 10.8 Å². The second kappa shape index (κ2) is 5.89. The number of carbonyl (C=O) groups is 1. The number of fused-ring (bicyclic) bond motifs is 3. The number of nitrogens with zero attached hydrogens (tertiary/aromatic N) is 3. The molecule has 4 aromatic rings. The summed E-state index contributed by atoms with van der Waals surface area (Å²) in [4.78, 5) is 16.0. The van der Waals surface area contributed by atoms with Crippen LogP contribution in [0.1, 0.15) is 5.69 Å². The van der Waals surface area contributed by atoms with Gasteiger partial charge in [-0.1, -0.05) is 48.0 Å². The monoisotopic (exact) mass is 355 g/mol. The van der Waals surface area contributed by atoms with Crippen LogP contribution in [-0.4, -0.2) is 20.0 Å². The van der Waals surface area contributed by atoms with E-state index in [0.29, 0.717) is 16.4 Å². The molecule has 118 valence electrons. The summed E-state index contributed by atoms with van der Waals surface area (Å²) in [6.45, 7) is 0. The molecule has 4 rings (SSSR count). The van der Waals surface area contributed by atoms with Crippen molar-refractivity contribution in [3.63, 3.8) is 0 Å². The van der Waals surface area contributed by atoms with Crippen LogP contribution >= 0.6 is 23.2 Å². The molecule has 0 radical (unpaired) electrons. The van der Waals surface area contributed by atoms with Gasteiger partial charge < -0.3 is 0 Å². The van der Waals surface area contributed by atoms with E-state index in [1.165, 1.54) is 0 Å². The molecule has 0 atom stereocenters. The van der Waals surface area contributed by atoms with Crippen LogP contribution in [0.4, 0.5) is 0 Å². The van der Waals surface area contributed by atoms with Crippen LogP contribution in [0, 0.1) is 0 Å². The molecule has 2 heterocycles. The normalized spacial score (nSPS) is 11.2. The molecule has 0 amide bonds. The largest absolute Gasteiger partial charge is 0.281 e. The van der Waals surface area contributed by atoms with Gasteiger partial charge in [0.25, 0.3) is 0 Å². The Morgan fingerprint density at radius 1 is 1.04 bits per heavy atom. The van der Waals surface area contributed by atoms with Gasteiger partial charge in [-0.2, -0.15) is 5.10 Å². The predicted molar refractivity (Wildman–Crippen MR) is 95.9 cm³/mol. The van der Waals surface area contributed by atoms with Gasteiger partial charge in [0.2, 0.25) is 5.24 Å². The maximum Gasteiger partial charge on any atom is 0.227 e. The Hall–Kier alpha value is -2.43. The Bertz CT molecular complexity index is 1070. The van der Waals surface area contributed by atoms with Crippen LogP contribution in [0.25, 0.3) is 27.5 Å². The quantitative estimate of drug-likeness (QED) is 0.400.